The minimum Gasteiger partial charge on any atom is -0.485 e. The van der Waals surface area contributed by atoms with Crippen molar-refractivity contribution in [3.8, 4) is 11.5 Å². The van der Waals surface area contributed by atoms with E-state index in [9.17, 15) is 14.0 Å². The van der Waals surface area contributed by atoms with E-state index in [4.69, 9.17) is 13.9 Å². The molecule has 8 heteroatoms. The van der Waals surface area contributed by atoms with Crippen molar-refractivity contribution in [1.82, 2.24) is 10.2 Å². The average molecular weight is 493 g/mol. The first-order chi connectivity index (χ1) is 17.6. The van der Waals surface area contributed by atoms with Crippen LogP contribution in [0, 0.1) is 5.82 Å². The lowest BCUT2D eigenvalue weighted by atomic mass is 9.95. The highest BCUT2D eigenvalue weighted by Gasteiger charge is 2.40. The summed E-state index contributed by atoms with van der Waals surface area (Å²) in [5.41, 5.74) is 0.670. The molecule has 5 rings (SSSR count). The van der Waals surface area contributed by atoms with Gasteiger partial charge in [0.15, 0.2) is 17.5 Å². The van der Waals surface area contributed by atoms with Crippen LogP contribution in [0.1, 0.15) is 49.5 Å². The molecule has 0 saturated heterocycles. The quantitative estimate of drug-likeness (QED) is 0.514. The van der Waals surface area contributed by atoms with Crippen molar-refractivity contribution in [3.05, 3.63) is 84.1 Å². The summed E-state index contributed by atoms with van der Waals surface area (Å²) >= 11 is 0. The first-order valence-corrected chi connectivity index (χ1v) is 12.4. The highest BCUT2D eigenvalue weighted by atomic mass is 19.1. The third-order valence-corrected chi connectivity index (χ3v) is 6.66. The second-order valence-corrected chi connectivity index (χ2v) is 9.22. The van der Waals surface area contributed by atoms with E-state index in [2.05, 4.69) is 5.32 Å². The van der Waals surface area contributed by atoms with E-state index in [0.717, 1.165) is 32.1 Å². The van der Waals surface area contributed by atoms with Gasteiger partial charge in [-0.1, -0.05) is 43.5 Å². The number of furan rings is 1. The lowest BCUT2D eigenvalue weighted by Gasteiger charge is -2.35. The Balaban J connectivity index is 1.46. The van der Waals surface area contributed by atoms with Crippen LogP contribution in [0.5, 0.6) is 11.5 Å². The van der Waals surface area contributed by atoms with Gasteiger partial charge in [-0.2, -0.15) is 0 Å². The van der Waals surface area contributed by atoms with Gasteiger partial charge < -0.3 is 24.1 Å². The first-order valence-electron chi connectivity index (χ1n) is 12.4. The zero-order chi connectivity index (χ0) is 24.9. The number of nitrogens with zero attached hydrogens (tertiary/aromatic N) is 1. The molecule has 1 saturated carbocycles. The summed E-state index contributed by atoms with van der Waals surface area (Å²) in [5.74, 6) is 0.249. The van der Waals surface area contributed by atoms with Crippen molar-refractivity contribution in [1.29, 1.82) is 0 Å². The molecule has 2 aliphatic rings. The monoisotopic (exact) mass is 492 g/mol. The highest BCUT2D eigenvalue weighted by Crippen LogP contribution is 2.33. The number of carbonyl (C=O) groups excluding carboxylic acids is 2. The van der Waals surface area contributed by atoms with E-state index in [1.807, 2.05) is 6.07 Å². The van der Waals surface area contributed by atoms with Gasteiger partial charge >= 0.3 is 0 Å². The van der Waals surface area contributed by atoms with Crippen molar-refractivity contribution < 1.29 is 27.9 Å². The summed E-state index contributed by atoms with van der Waals surface area (Å²) < 4.78 is 31.0. The molecule has 1 N–H and O–H groups in total. The zero-order valence-corrected chi connectivity index (χ0v) is 19.9. The number of carbonyl (C=O) groups is 2. The first kappa shape index (κ1) is 23.9. The Morgan fingerprint density at radius 1 is 0.972 bits per heavy atom. The van der Waals surface area contributed by atoms with Gasteiger partial charge in [0, 0.05) is 12.6 Å². The van der Waals surface area contributed by atoms with Crippen molar-refractivity contribution in [2.45, 2.75) is 56.8 Å². The number of benzene rings is 2. The largest absolute Gasteiger partial charge is 0.485 e. The molecule has 1 aliphatic carbocycles. The fourth-order valence-corrected chi connectivity index (χ4v) is 4.81. The molecule has 188 valence electrons. The summed E-state index contributed by atoms with van der Waals surface area (Å²) in [6.07, 6.45) is 5.59. The van der Waals surface area contributed by atoms with Crippen LogP contribution >= 0.6 is 0 Å². The molecular weight excluding hydrogens is 463 g/mol. The molecule has 2 amide bonds. The summed E-state index contributed by atoms with van der Waals surface area (Å²) in [7, 11) is 0. The van der Waals surface area contributed by atoms with E-state index in [1.165, 1.54) is 23.3 Å². The molecule has 2 heterocycles. The van der Waals surface area contributed by atoms with Gasteiger partial charge in [-0.3, -0.25) is 9.59 Å². The van der Waals surface area contributed by atoms with Crippen LogP contribution in [0.3, 0.4) is 0 Å². The fraction of sp³-hybridized carbons (Fsp3) is 0.357. The Hall–Kier alpha value is -3.81. The summed E-state index contributed by atoms with van der Waals surface area (Å²) in [5, 5.41) is 3.13. The Bertz CT molecular complexity index is 1170. The topological polar surface area (TPSA) is 81.0 Å². The molecule has 1 fully saturated rings. The van der Waals surface area contributed by atoms with Gasteiger partial charge in [0.2, 0.25) is 6.10 Å². The average Bonchev–Trinajstić information content (AvgIpc) is 3.44. The number of halogens is 1. The number of hydrogen-bond donors (Lipinski definition) is 1. The molecule has 0 bridgehead atoms. The summed E-state index contributed by atoms with van der Waals surface area (Å²) in [6.45, 7) is 0.0644. The van der Waals surface area contributed by atoms with E-state index in [1.54, 1.807) is 42.5 Å². The number of para-hydroxylation sites is 2. The third-order valence-electron chi connectivity index (χ3n) is 6.66. The smallest absolute Gasteiger partial charge is 0.268 e. The molecule has 1 aliphatic heterocycles. The lowest BCUT2D eigenvalue weighted by Crippen LogP contribution is -2.52. The molecule has 0 spiro atoms. The van der Waals surface area contributed by atoms with Crippen LogP contribution in [-0.4, -0.2) is 35.5 Å². The SMILES string of the molecule is O=C(NC1CCCCC1)[C@H](c1ccco1)N(Cc1ccc(F)cc1)C(=O)[C@@H]1COc2ccccc2O1. The van der Waals surface area contributed by atoms with Gasteiger partial charge in [0.1, 0.15) is 18.2 Å². The van der Waals surface area contributed by atoms with Gasteiger partial charge in [-0.25, -0.2) is 4.39 Å². The number of ether oxygens (including phenoxy) is 2. The zero-order valence-electron chi connectivity index (χ0n) is 19.9. The lowest BCUT2D eigenvalue weighted by molar-refractivity contribution is -0.150. The molecule has 36 heavy (non-hydrogen) atoms. The number of rotatable bonds is 7. The second-order valence-electron chi connectivity index (χ2n) is 9.22. The molecular formula is C28H29FN2O5. The highest BCUT2D eigenvalue weighted by molar-refractivity contribution is 5.90. The van der Waals surface area contributed by atoms with Crippen LogP contribution in [-0.2, 0) is 16.1 Å². The summed E-state index contributed by atoms with van der Waals surface area (Å²) in [6, 6.07) is 15.4. The van der Waals surface area contributed by atoms with Crippen LogP contribution < -0.4 is 14.8 Å². The van der Waals surface area contributed by atoms with E-state index >= 15 is 0 Å². The van der Waals surface area contributed by atoms with Crippen LogP contribution in [0.4, 0.5) is 4.39 Å². The minimum absolute atomic E-state index is 0.00484. The van der Waals surface area contributed by atoms with Gasteiger partial charge in [-0.15, -0.1) is 0 Å². The van der Waals surface area contributed by atoms with Crippen molar-refractivity contribution in [3.63, 3.8) is 0 Å². The summed E-state index contributed by atoms with van der Waals surface area (Å²) in [4.78, 5) is 29.1. The van der Waals surface area contributed by atoms with Gasteiger partial charge in [0.25, 0.3) is 11.8 Å². The Labute approximate surface area is 209 Å². The molecule has 7 nitrogen and oxygen atoms in total. The third kappa shape index (κ3) is 5.37. The van der Waals surface area contributed by atoms with Crippen LogP contribution in [0.2, 0.25) is 0 Å². The predicted octanol–water partition coefficient (Wildman–Crippen LogP) is 4.78. The van der Waals surface area contributed by atoms with E-state index in [-0.39, 0.29) is 30.9 Å². The van der Waals surface area contributed by atoms with E-state index < -0.39 is 18.1 Å². The standard InChI is InChI=1S/C28H29FN2O5/c29-20-14-12-19(13-15-20)17-31(28(33)25-18-35-22-9-4-5-10-23(22)36-25)26(24-11-6-16-34-24)27(32)30-21-7-2-1-3-8-21/h4-6,9-16,21,25-26H,1-3,7-8,17-18H2,(H,30,32)/t25-,26-/m0/s1. The van der Waals surface area contributed by atoms with Crippen LogP contribution in [0.25, 0.3) is 0 Å². The Morgan fingerprint density at radius 3 is 2.44 bits per heavy atom. The van der Waals surface area contributed by atoms with Crippen molar-refractivity contribution in [2.24, 2.45) is 0 Å². The Kier molecular flexibility index (Phi) is 7.21. The fourth-order valence-electron chi connectivity index (χ4n) is 4.81. The Morgan fingerprint density at radius 2 is 1.72 bits per heavy atom. The number of fused-ring (bicyclic) bond motifs is 1. The van der Waals surface area contributed by atoms with Crippen molar-refractivity contribution >= 4 is 11.8 Å². The van der Waals surface area contributed by atoms with Gasteiger partial charge in [-0.05, 0) is 54.8 Å². The number of hydrogen-bond acceptors (Lipinski definition) is 5. The molecule has 0 unspecified atom stereocenters. The number of amides is 2. The number of nitrogens with one attached hydrogen (secondary N) is 1. The maximum Gasteiger partial charge on any atom is 0.268 e. The minimum atomic E-state index is -1.03. The van der Waals surface area contributed by atoms with Crippen molar-refractivity contribution in [2.75, 3.05) is 6.61 Å². The maximum atomic E-state index is 13.9. The van der Waals surface area contributed by atoms with E-state index in [0.29, 0.717) is 22.8 Å². The predicted molar refractivity (Wildman–Crippen MR) is 130 cm³/mol. The maximum absolute atomic E-state index is 13.9. The molecule has 0 radical (unpaired) electrons. The second kappa shape index (κ2) is 10.8. The molecule has 1 aromatic heterocycles. The molecule has 2 atom stereocenters. The van der Waals surface area contributed by atoms with Crippen LogP contribution in [0.15, 0.2) is 71.3 Å². The van der Waals surface area contributed by atoms with Gasteiger partial charge in [0.05, 0.1) is 6.26 Å². The molecule has 3 aromatic rings. The normalized spacial score (nSPS) is 18.3. The molecule has 2 aromatic carbocycles.